The molecule has 0 amide bonds. The molecule has 2 heterocycles. The van der Waals surface area contributed by atoms with E-state index in [-0.39, 0.29) is 0 Å². The first-order valence-electron chi connectivity index (χ1n) is 8.31. The van der Waals surface area contributed by atoms with Crippen LogP contribution >= 0.6 is 11.6 Å². The summed E-state index contributed by atoms with van der Waals surface area (Å²) < 4.78 is 0. The van der Waals surface area contributed by atoms with Crippen LogP contribution in [0.3, 0.4) is 0 Å². The molecule has 0 bridgehead atoms. The van der Waals surface area contributed by atoms with Gasteiger partial charge in [0.15, 0.2) is 0 Å². The molecule has 1 fully saturated rings. The van der Waals surface area contributed by atoms with Gasteiger partial charge in [-0.25, -0.2) is 9.97 Å². The van der Waals surface area contributed by atoms with Crippen LogP contribution in [-0.4, -0.2) is 23.1 Å². The molecule has 3 nitrogen and oxygen atoms in total. The van der Waals surface area contributed by atoms with E-state index in [0.717, 1.165) is 36.2 Å². The number of aromatic nitrogens is 2. The van der Waals surface area contributed by atoms with E-state index in [1.165, 1.54) is 32.1 Å². The van der Waals surface area contributed by atoms with Crippen LogP contribution in [0, 0.1) is 12.8 Å². The van der Waals surface area contributed by atoms with Gasteiger partial charge in [-0.3, -0.25) is 0 Å². The summed E-state index contributed by atoms with van der Waals surface area (Å²) in [6.07, 6.45) is 6.52. The van der Waals surface area contributed by atoms with Crippen molar-refractivity contribution in [2.45, 2.75) is 65.7 Å². The monoisotopic (exact) mass is 309 g/mol. The lowest BCUT2D eigenvalue weighted by molar-refractivity contribution is 0.435. The summed E-state index contributed by atoms with van der Waals surface area (Å²) in [5.41, 5.74) is 1.02. The van der Waals surface area contributed by atoms with Gasteiger partial charge in [0.05, 0.1) is 0 Å². The fourth-order valence-corrected chi connectivity index (χ4v) is 3.31. The Labute approximate surface area is 134 Å². The molecule has 0 spiro atoms. The van der Waals surface area contributed by atoms with Crippen LogP contribution in [0.4, 0.5) is 5.82 Å². The number of anilines is 1. The molecular weight excluding hydrogens is 282 g/mol. The Bertz CT molecular complexity index is 473. The van der Waals surface area contributed by atoms with Crippen LogP contribution in [0.15, 0.2) is 0 Å². The second-order valence-corrected chi connectivity index (χ2v) is 6.91. The zero-order valence-corrected chi connectivity index (χ0v) is 14.6. The minimum atomic E-state index is 0.307. The normalized spacial score (nSPS) is 19.9. The molecule has 1 aromatic heterocycles. The average molecular weight is 310 g/mol. The molecular formula is C17H28ClN3. The van der Waals surface area contributed by atoms with E-state index in [2.05, 4.69) is 30.7 Å². The minimum absolute atomic E-state index is 0.307. The van der Waals surface area contributed by atoms with E-state index < -0.39 is 0 Å². The predicted octanol–water partition coefficient (Wildman–Crippen LogP) is 4.97. The Balaban J connectivity index is 2.21. The molecule has 118 valence electrons. The number of halogens is 1. The zero-order chi connectivity index (χ0) is 15.4. The van der Waals surface area contributed by atoms with E-state index in [1.807, 2.05) is 6.92 Å². The maximum Gasteiger partial charge on any atom is 0.137 e. The van der Waals surface area contributed by atoms with Crippen LogP contribution in [0.5, 0.6) is 0 Å². The second kappa shape index (κ2) is 7.44. The van der Waals surface area contributed by atoms with Crippen molar-refractivity contribution < 1.29 is 0 Å². The summed E-state index contributed by atoms with van der Waals surface area (Å²) in [4.78, 5) is 11.6. The lowest BCUT2D eigenvalue weighted by Crippen LogP contribution is -2.27. The zero-order valence-electron chi connectivity index (χ0n) is 13.8. The lowest BCUT2D eigenvalue weighted by Gasteiger charge is -2.24. The summed E-state index contributed by atoms with van der Waals surface area (Å²) in [5, 5.41) is 0.609. The molecule has 21 heavy (non-hydrogen) atoms. The predicted molar refractivity (Wildman–Crippen MR) is 90.3 cm³/mol. The Morgan fingerprint density at radius 1 is 1.24 bits per heavy atom. The van der Waals surface area contributed by atoms with Gasteiger partial charge in [0.1, 0.15) is 16.8 Å². The fourth-order valence-electron chi connectivity index (χ4n) is 3.13. The molecule has 1 aliphatic rings. The van der Waals surface area contributed by atoms with Crippen molar-refractivity contribution in [1.29, 1.82) is 0 Å². The number of hydrogen-bond donors (Lipinski definition) is 0. The standard InChI is InChI=1S/C17H28ClN3/c1-5-7-14-8-6-10-21(11-9-14)17-13(4)15(18)19-16(20-17)12(2)3/h12,14H,5-11H2,1-4H3. The smallest absolute Gasteiger partial charge is 0.137 e. The van der Waals surface area contributed by atoms with Crippen molar-refractivity contribution in [2.75, 3.05) is 18.0 Å². The van der Waals surface area contributed by atoms with Gasteiger partial charge in [-0.15, -0.1) is 0 Å². The minimum Gasteiger partial charge on any atom is -0.356 e. The van der Waals surface area contributed by atoms with Crippen molar-refractivity contribution in [2.24, 2.45) is 5.92 Å². The molecule has 1 aliphatic heterocycles. The summed E-state index contributed by atoms with van der Waals surface area (Å²) in [7, 11) is 0. The molecule has 0 aromatic carbocycles. The number of hydrogen-bond acceptors (Lipinski definition) is 3. The van der Waals surface area contributed by atoms with Crippen molar-refractivity contribution >= 4 is 17.4 Å². The average Bonchev–Trinajstić information content (AvgIpc) is 2.67. The van der Waals surface area contributed by atoms with Gasteiger partial charge in [0.2, 0.25) is 0 Å². The van der Waals surface area contributed by atoms with E-state index in [1.54, 1.807) is 0 Å². The summed E-state index contributed by atoms with van der Waals surface area (Å²) >= 11 is 6.32. The third-order valence-electron chi connectivity index (χ3n) is 4.44. The molecule has 1 saturated heterocycles. The summed E-state index contributed by atoms with van der Waals surface area (Å²) in [6.45, 7) is 10.7. The highest BCUT2D eigenvalue weighted by molar-refractivity contribution is 6.30. The first-order valence-corrected chi connectivity index (χ1v) is 8.69. The quantitative estimate of drug-likeness (QED) is 0.735. The second-order valence-electron chi connectivity index (χ2n) is 6.55. The number of nitrogens with zero attached hydrogens (tertiary/aromatic N) is 3. The SMILES string of the molecule is CCCC1CCCN(c2nc(C(C)C)nc(Cl)c2C)CC1. The highest BCUT2D eigenvalue weighted by atomic mass is 35.5. The van der Waals surface area contributed by atoms with Gasteiger partial charge in [-0.05, 0) is 32.1 Å². The maximum atomic E-state index is 6.32. The molecule has 2 rings (SSSR count). The van der Waals surface area contributed by atoms with E-state index in [9.17, 15) is 0 Å². The van der Waals surface area contributed by atoms with Gasteiger partial charge in [-0.1, -0.05) is 45.2 Å². The van der Waals surface area contributed by atoms with Gasteiger partial charge in [-0.2, -0.15) is 0 Å². The third kappa shape index (κ3) is 4.09. The van der Waals surface area contributed by atoms with E-state index in [4.69, 9.17) is 16.6 Å². The van der Waals surface area contributed by atoms with Gasteiger partial charge in [0, 0.05) is 24.6 Å². The third-order valence-corrected chi connectivity index (χ3v) is 4.81. The van der Waals surface area contributed by atoms with Crippen molar-refractivity contribution in [3.63, 3.8) is 0 Å². The Morgan fingerprint density at radius 3 is 2.67 bits per heavy atom. The van der Waals surface area contributed by atoms with Crippen LogP contribution in [-0.2, 0) is 0 Å². The Morgan fingerprint density at radius 2 is 2.00 bits per heavy atom. The van der Waals surface area contributed by atoms with Crippen LogP contribution in [0.1, 0.15) is 70.2 Å². The van der Waals surface area contributed by atoms with Gasteiger partial charge < -0.3 is 4.90 Å². The van der Waals surface area contributed by atoms with Crippen molar-refractivity contribution in [3.8, 4) is 0 Å². The molecule has 1 unspecified atom stereocenters. The molecule has 0 radical (unpaired) electrons. The first kappa shape index (κ1) is 16.5. The molecule has 4 heteroatoms. The largest absolute Gasteiger partial charge is 0.356 e. The maximum absolute atomic E-state index is 6.32. The van der Waals surface area contributed by atoms with Gasteiger partial charge >= 0.3 is 0 Å². The Kier molecular flexibility index (Phi) is 5.86. The van der Waals surface area contributed by atoms with Crippen molar-refractivity contribution in [1.82, 2.24) is 9.97 Å². The topological polar surface area (TPSA) is 29.0 Å². The first-order chi connectivity index (χ1) is 10.0. The molecule has 0 N–H and O–H groups in total. The van der Waals surface area contributed by atoms with Crippen molar-refractivity contribution in [3.05, 3.63) is 16.5 Å². The molecule has 0 saturated carbocycles. The van der Waals surface area contributed by atoms with Crippen LogP contribution in [0.25, 0.3) is 0 Å². The highest BCUT2D eigenvalue weighted by Crippen LogP contribution is 2.29. The van der Waals surface area contributed by atoms with Crippen LogP contribution in [0.2, 0.25) is 5.15 Å². The Hall–Kier alpha value is -0.830. The van der Waals surface area contributed by atoms with Gasteiger partial charge in [0.25, 0.3) is 0 Å². The summed E-state index contributed by atoms with van der Waals surface area (Å²) in [6, 6.07) is 0. The highest BCUT2D eigenvalue weighted by Gasteiger charge is 2.21. The lowest BCUT2D eigenvalue weighted by atomic mass is 9.96. The molecule has 1 aromatic rings. The molecule has 1 atom stereocenters. The molecule has 0 aliphatic carbocycles. The summed E-state index contributed by atoms with van der Waals surface area (Å²) in [5.74, 6) is 3.09. The van der Waals surface area contributed by atoms with Crippen LogP contribution < -0.4 is 4.90 Å². The van der Waals surface area contributed by atoms with E-state index >= 15 is 0 Å². The van der Waals surface area contributed by atoms with E-state index in [0.29, 0.717) is 11.1 Å². The fraction of sp³-hybridized carbons (Fsp3) is 0.765. The number of rotatable bonds is 4.